The van der Waals surface area contributed by atoms with Gasteiger partial charge in [-0.15, -0.1) is 3.71 Å². The predicted octanol–water partition coefficient (Wildman–Crippen LogP) is 4.72. The summed E-state index contributed by atoms with van der Waals surface area (Å²) in [4.78, 5) is 23.4. The van der Waals surface area contributed by atoms with Gasteiger partial charge in [-0.3, -0.25) is 20.2 Å². The lowest BCUT2D eigenvalue weighted by molar-refractivity contribution is -0.393. The summed E-state index contributed by atoms with van der Waals surface area (Å²) in [6, 6.07) is 8.13. The minimum absolute atomic E-state index is 0.202. The molecule has 0 bridgehead atoms. The van der Waals surface area contributed by atoms with Crippen molar-refractivity contribution in [2.24, 2.45) is 0 Å². The quantitative estimate of drug-likeness (QED) is 0.267. The third-order valence-corrected chi connectivity index (χ3v) is 7.62. The Hall–Kier alpha value is -2.41. The first-order valence-corrected chi connectivity index (χ1v) is 11.8. The molecule has 2 aromatic rings. The SMILES string of the molecule is CCCN(CC)c1c([N+](=O)[O-])cc(S(=O)(=O)N(C)Sc2ccc(Cl)cc2)cc1[N+](=O)[O-]. The summed E-state index contributed by atoms with van der Waals surface area (Å²) < 4.78 is 27.0. The second kappa shape index (κ2) is 10.3. The summed E-state index contributed by atoms with van der Waals surface area (Å²) in [5, 5.41) is 23.9. The van der Waals surface area contributed by atoms with Crippen molar-refractivity contribution >= 4 is 50.6 Å². The molecule has 0 fully saturated rings. The monoisotopic (exact) mass is 488 g/mol. The van der Waals surface area contributed by atoms with Crippen molar-refractivity contribution in [3.8, 4) is 0 Å². The lowest BCUT2D eigenvalue weighted by atomic mass is 10.2. The van der Waals surface area contributed by atoms with E-state index in [1.165, 1.54) is 11.9 Å². The van der Waals surface area contributed by atoms with Crippen LogP contribution in [-0.4, -0.2) is 42.1 Å². The van der Waals surface area contributed by atoms with Crippen LogP contribution >= 0.6 is 23.5 Å². The van der Waals surface area contributed by atoms with Gasteiger partial charge < -0.3 is 4.90 Å². The highest BCUT2D eigenvalue weighted by atomic mass is 35.5. The third kappa shape index (κ3) is 5.64. The lowest BCUT2D eigenvalue weighted by Crippen LogP contribution is -2.26. The van der Waals surface area contributed by atoms with Gasteiger partial charge in [-0.05, 0) is 49.6 Å². The standard InChI is InChI=1S/C18H21ClN4O6S2/c1-4-10-21(5-2)18-16(22(24)25)11-15(12-17(18)23(26)27)31(28,29)20(3)30-14-8-6-13(19)7-9-14/h6-9,11-12H,4-5,10H2,1-3H3. The van der Waals surface area contributed by atoms with Crippen LogP contribution in [-0.2, 0) is 10.0 Å². The molecule has 0 radical (unpaired) electrons. The Balaban J connectivity index is 2.60. The summed E-state index contributed by atoms with van der Waals surface area (Å²) >= 11 is 6.67. The first-order chi connectivity index (χ1) is 14.5. The van der Waals surface area contributed by atoms with E-state index in [-0.39, 0.29) is 12.2 Å². The number of benzene rings is 2. The van der Waals surface area contributed by atoms with Gasteiger partial charge in [0.2, 0.25) is 0 Å². The van der Waals surface area contributed by atoms with Crippen molar-refractivity contribution in [1.29, 1.82) is 0 Å². The maximum Gasteiger partial charge on any atom is 0.301 e. The molecule has 13 heteroatoms. The Labute approximate surface area is 189 Å². The number of hydrogen-bond donors (Lipinski definition) is 0. The Bertz CT molecular complexity index is 1040. The maximum atomic E-state index is 13.0. The molecule has 10 nitrogen and oxygen atoms in total. The van der Waals surface area contributed by atoms with Crippen LogP contribution in [0.15, 0.2) is 46.2 Å². The van der Waals surface area contributed by atoms with E-state index in [1.54, 1.807) is 31.2 Å². The van der Waals surface area contributed by atoms with E-state index in [9.17, 15) is 28.6 Å². The van der Waals surface area contributed by atoms with Gasteiger partial charge >= 0.3 is 11.4 Å². The topological polar surface area (TPSA) is 127 Å². The highest BCUT2D eigenvalue weighted by Crippen LogP contribution is 2.41. The number of halogens is 1. The zero-order valence-corrected chi connectivity index (χ0v) is 19.4. The second-order valence-electron chi connectivity index (χ2n) is 6.36. The summed E-state index contributed by atoms with van der Waals surface area (Å²) in [7, 11) is -3.03. The fourth-order valence-electron chi connectivity index (χ4n) is 2.87. The van der Waals surface area contributed by atoms with Crippen molar-refractivity contribution in [2.75, 3.05) is 25.0 Å². The number of anilines is 1. The minimum atomic E-state index is -4.28. The van der Waals surface area contributed by atoms with Gasteiger partial charge in [0, 0.05) is 42.2 Å². The number of nitro benzene ring substituents is 2. The smallest absolute Gasteiger partial charge is 0.301 e. The van der Waals surface area contributed by atoms with Crippen LogP contribution in [0.2, 0.25) is 5.02 Å². The minimum Gasteiger partial charge on any atom is -0.361 e. The van der Waals surface area contributed by atoms with Crippen molar-refractivity contribution < 1.29 is 18.3 Å². The average Bonchev–Trinajstić information content (AvgIpc) is 2.72. The molecular weight excluding hydrogens is 468 g/mol. The van der Waals surface area contributed by atoms with Crippen molar-refractivity contribution in [2.45, 2.75) is 30.1 Å². The summed E-state index contributed by atoms with van der Waals surface area (Å²) in [5.74, 6) is 0. The first kappa shape index (κ1) is 24.9. The summed E-state index contributed by atoms with van der Waals surface area (Å²) in [6.45, 7) is 4.18. The number of sulfonamides is 1. The summed E-state index contributed by atoms with van der Waals surface area (Å²) in [6.07, 6.45) is 0.600. The molecule has 0 saturated heterocycles. The van der Waals surface area contributed by atoms with Crippen LogP contribution in [0.3, 0.4) is 0 Å². The molecule has 168 valence electrons. The van der Waals surface area contributed by atoms with Gasteiger partial charge in [-0.1, -0.05) is 18.5 Å². The first-order valence-electron chi connectivity index (χ1n) is 9.17. The molecule has 0 aliphatic heterocycles. The van der Waals surface area contributed by atoms with Gasteiger partial charge in [-0.25, -0.2) is 8.42 Å². The van der Waals surface area contributed by atoms with Crippen molar-refractivity contribution in [3.63, 3.8) is 0 Å². The van der Waals surface area contributed by atoms with E-state index in [4.69, 9.17) is 11.6 Å². The Morgan fingerprint density at radius 1 is 1.03 bits per heavy atom. The molecule has 0 saturated carbocycles. The van der Waals surface area contributed by atoms with Crippen LogP contribution in [0.5, 0.6) is 0 Å². The highest BCUT2D eigenvalue weighted by Gasteiger charge is 2.34. The number of rotatable bonds is 10. The van der Waals surface area contributed by atoms with E-state index in [2.05, 4.69) is 0 Å². The van der Waals surface area contributed by atoms with E-state index < -0.39 is 36.1 Å². The molecule has 0 atom stereocenters. The zero-order valence-electron chi connectivity index (χ0n) is 17.0. The fraction of sp³-hybridized carbons (Fsp3) is 0.333. The molecule has 0 aliphatic rings. The maximum absolute atomic E-state index is 13.0. The van der Waals surface area contributed by atoms with Crippen LogP contribution in [0.1, 0.15) is 20.3 Å². The van der Waals surface area contributed by atoms with Gasteiger partial charge in [0.15, 0.2) is 5.69 Å². The zero-order chi connectivity index (χ0) is 23.3. The van der Waals surface area contributed by atoms with Crippen LogP contribution in [0, 0.1) is 20.2 Å². The van der Waals surface area contributed by atoms with Gasteiger partial charge in [0.1, 0.15) is 0 Å². The normalized spacial score (nSPS) is 11.5. The molecule has 2 aromatic carbocycles. The molecule has 0 unspecified atom stereocenters. The molecule has 2 rings (SSSR count). The van der Waals surface area contributed by atoms with E-state index >= 15 is 0 Å². The van der Waals surface area contributed by atoms with Crippen molar-refractivity contribution in [1.82, 2.24) is 3.71 Å². The molecule has 0 aromatic heterocycles. The van der Waals surface area contributed by atoms with Gasteiger partial charge in [-0.2, -0.15) is 0 Å². The molecule has 31 heavy (non-hydrogen) atoms. The number of nitro groups is 2. The second-order valence-corrected chi connectivity index (χ2v) is 10.2. The Kier molecular flexibility index (Phi) is 8.23. The molecular formula is C18H21ClN4O6S2. The van der Waals surface area contributed by atoms with Crippen LogP contribution < -0.4 is 4.90 Å². The third-order valence-electron chi connectivity index (χ3n) is 4.31. The van der Waals surface area contributed by atoms with Crippen LogP contribution in [0.4, 0.5) is 17.1 Å². The van der Waals surface area contributed by atoms with Gasteiger partial charge in [0.05, 0.1) is 14.7 Å². The molecule has 0 N–H and O–H groups in total. The summed E-state index contributed by atoms with van der Waals surface area (Å²) in [5.41, 5.74) is -1.47. The largest absolute Gasteiger partial charge is 0.361 e. The predicted molar refractivity (Wildman–Crippen MR) is 120 cm³/mol. The van der Waals surface area contributed by atoms with E-state index in [0.29, 0.717) is 22.9 Å². The number of nitrogens with zero attached hydrogens (tertiary/aromatic N) is 4. The molecule has 0 aliphatic carbocycles. The average molecular weight is 489 g/mol. The van der Waals surface area contributed by atoms with Crippen molar-refractivity contribution in [3.05, 3.63) is 61.6 Å². The van der Waals surface area contributed by atoms with E-state index in [0.717, 1.165) is 27.8 Å². The molecule has 0 heterocycles. The fourth-order valence-corrected chi connectivity index (χ4v) is 5.28. The number of hydrogen-bond acceptors (Lipinski definition) is 8. The Morgan fingerprint density at radius 2 is 1.55 bits per heavy atom. The Morgan fingerprint density at radius 3 is 1.97 bits per heavy atom. The molecule has 0 spiro atoms. The van der Waals surface area contributed by atoms with Gasteiger partial charge in [0.25, 0.3) is 10.0 Å². The van der Waals surface area contributed by atoms with Crippen LogP contribution in [0.25, 0.3) is 0 Å². The lowest BCUT2D eigenvalue weighted by Gasteiger charge is -2.23. The highest BCUT2D eigenvalue weighted by molar-refractivity contribution is 8.08. The van der Waals surface area contributed by atoms with E-state index in [1.807, 2.05) is 6.92 Å². The molecule has 0 amide bonds.